The monoisotopic (exact) mass is 213 g/mol. The SMILES string of the molecule is CCN(CC(F)(F)F)CC(C)(O)CC. The Hall–Kier alpha value is -0.290. The van der Waals surface area contributed by atoms with Gasteiger partial charge >= 0.3 is 6.18 Å². The van der Waals surface area contributed by atoms with Crippen molar-refractivity contribution in [1.82, 2.24) is 4.90 Å². The van der Waals surface area contributed by atoms with Crippen molar-refractivity contribution in [1.29, 1.82) is 0 Å². The van der Waals surface area contributed by atoms with Crippen molar-refractivity contribution in [2.45, 2.75) is 39.0 Å². The summed E-state index contributed by atoms with van der Waals surface area (Å²) in [7, 11) is 0. The van der Waals surface area contributed by atoms with Gasteiger partial charge in [-0.2, -0.15) is 13.2 Å². The molecule has 0 amide bonds. The third-order valence-electron chi connectivity index (χ3n) is 2.18. The van der Waals surface area contributed by atoms with Crippen LogP contribution in [0.2, 0.25) is 0 Å². The first-order valence-corrected chi connectivity index (χ1v) is 4.71. The van der Waals surface area contributed by atoms with Crippen molar-refractivity contribution in [3.8, 4) is 0 Å². The summed E-state index contributed by atoms with van der Waals surface area (Å²) in [6, 6.07) is 0. The van der Waals surface area contributed by atoms with Crippen LogP contribution in [0.4, 0.5) is 13.2 Å². The molecule has 1 atom stereocenters. The van der Waals surface area contributed by atoms with Gasteiger partial charge in [-0.1, -0.05) is 13.8 Å². The first kappa shape index (κ1) is 13.7. The van der Waals surface area contributed by atoms with Gasteiger partial charge < -0.3 is 5.11 Å². The average molecular weight is 213 g/mol. The van der Waals surface area contributed by atoms with E-state index in [9.17, 15) is 18.3 Å². The number of rotatable bonds is 5. The predicted octanol–water partition coefficient (Wildman–Crippen LogP) is 2.03. The Morgan fingerprint density at radius 2 is 1.64 bits per heavy atom. The summed E-state index contributed by atoms with van der Waals surface area (Å²) in [6.07, 6.45) is -3.75. The Morgan fingerprint density at radius 1 is 1.14 bits per heavy atom. The van der Waals surface area contributed by atoms with E-state index in [1.54, 1.807) is 20.8 Å². The normalized spacial score (nSPS) is 17.1. The molecule has 0 aromatic rings. The highest BCUT2D eigenvalue weighted by atomic mass is 19.4. The van der Waals surface area contributed by atoms with Crippen LogP contribution in [0.5, 0.6) is 0 Å². The summed E-state index contributed by atoms with van der Waals surface area (Å²) in [5, 5.41) is 9.61. The Balaban J connectivity index is 4.17. The molecule has 86 valence electrons. The van der Waals surface area contributed by atoms with E-state index >= 15 is 0 Å². The number of aliphatic hydroxyl groups is 1. The fourth-order valence-corrected chi connectivity index (χ4v) is 1.13. The average Bonchev–Trinajstić information content (AvgIpc) is 2.00. The zero-order valence-electron chi connectivity index (χ0n) is 8.86. The Labute approximate surface area is 82.7 Å². The van der Waals surface area contributed by atoms with E-state index in [1.165, 1.54) is 4.90 Å². The van der Waals surface area contributed by atoms with Crippen LogP contribution in [-0.4, -0.2) is 41.4 Å². The lowest BCUT2D eigenvalue weighted by atomic mass is 10.0. The largest absolute Gasteiger partial charge is 0.401 e. The molecule has 0 rings (SSSR count). The number of nitrogens with zero attached hydrogens (tertiary/aromatic N) is 1. The van der Waals surface area contributed by atoms with Crippen LogP contribution in [0.15, 0.2) is 0 Å². The number of likely N-dealkylation sites (N-methyl/N-ethyl adjacent to an activating group) is 1. The van der Waals surface area contributed by atoms with Crippen LogP contribution in [0.1, 0.15) is 27.2 Å². The maximum absolute atomic E-state index is 12.0. The predicted molar refractivity (Wildman–Crippen MR) is 49.1 cm³/mol. The lowest BCUT2D eigenvalue weighted by Gasteiger charge is -2.30. The molecule has 14 heavy (non-hydrogen) atoms. The Kier molecular flexibility index (Phi) is 4.88. The van der Waals surface area contributed by atoms with Gasteiger partial charge in [0.25, 0.3) is 0 Å². The summed E-state index contributed by atoms with van der Waals surface area (Å²) in [4.78, 5) is 1.20. The molecule has 0 bridgehead atoms. The molecule has 0 fully saturated rings. The van der Waals surface area contributed by atoms with E-state index in [4.69, 9.17) is 0 Å². The fourth-order valence-electron chi connectivity index (χ4n) is 1.13. The van der Waals surface area contributed by atoms with Gasteiger partial charge in [0, 0.05) is 6.54 Å². The Morgan fingerprint density at radius 3 is 1.93 bits per heavy atom. The van der Waals surface area contributed by atoms with Crippen LogP contribution in [0.25, 0.3) is 0 Å². The maximum atomic E-state index is 12.0. The van der Waals surface area contributed by atoms with Gasteiger partial charge in [0.1, 0.15) is 0 Å². The zero-order valence-corrected chi connectivity index (χ0v) is 8.86. The topological polar surface area (TPSA) is 23.5 Å². The summed E-state index contributed by atoms with van der Waals surface area (Å²) < 4.78 is 36.1. The Bertz CT molecular complexity index is 168. The smallest absolute Gasteiger partial charge is 0.389 e. The summed E-state index contributed by atoms with van der Waals surface area (Å²) >= 11 is 0. The first-order chi connectivity index (χ1) is 6.20. The molecule has 0 aromatic heterocycles. The minimum Gasteiger partial charge on any atom is -0.389 e. The van der Waals surface area contributed by atoms with Gasteiger partial charge in [0.15, 0.2) is 0 Å². The second-order valence-electron chi connectivity index (χ2n) is 3.77. The first-order valence-electron chi connectivity index (χ1n) is 4.71. The third-order valence-corrected chi connectivity index (χ3v) is 2.18. The van der Waals surface area contributed by atoms with Crippen molar-refractivity contribution in [3.05, 3.63) is 0 Å². The minimum atomic E-state index is -4.19. The number of halogens is 3. The van der Waals surface area contributed by atoms with Crippen molar-refractivity contribution in [2.75, 3.05) is 19.6 Å². The standard InChI is InChI=1S/C9H18F3NO/c1-4-8(3,14)6-13(5-2)7-9(10,11)12/h14H,4-7H2,1-3H3. The number of alkyl halides is 3. The lowest BCUT2D eigenvalue weighted by molar-refractivity contribution is -0.151. The zero-order chi connectivity index (χ0) is 11.4. The van der Waals surface area contributed by atoms with Crippen molar-refractivity contribution >= 4 is 0 Å². The van der Waals surface area contributed by atoms with Crippen LogP contribution >= 0.6 is 0 Å². The quantitative estimate of drug-likeness (QED) is 0.755. The molecule has 5 heteroatoms. The molecule has 0 aromatic carbocycles. The van der Waals surface area contributed by atoms with Gasteiger partial charge in [0.05, 0.1) is 12.1 Å². The minimum absolute atomic E-state index is 0.0551. The maximum Gasteiger partial charge on any atom is 0.401 e. The molecule has 0 aliphatic rings. The summed E-state index contributed by atoms with van der Waals surface area (Å²) in [5.41, 5.74) is -1.04. The van der Waals surface area contributed by atoms with Gasteiger partial charge in [-0.3, -0.25) is 4.90 Å². The van der Waals surface area contributed by atoms with Crippen LogP contribution in [0, 0.1) is 0 Å². The van der Waals surface area contributed by atoms with E-state index in [2.05, 4.69) is 0 Å². The van der Waals surface area contributed by atoms with E-state index < -0.39 is 18.3 Å². The number of hydrogen-bond donors (Lipinski definition) is 1. The molecule has 0 heterocycles. The second-order valence-corrected chi connectivity index (χ2v) is 3.77. The van der Waals surface area contributed by atoms with E-state index in [0.29, 0.717) is 6.42 Å². The fraction of sp³-hybridized carbons (Fsp3) is 1.00. The molecule has 1 unspecified atom stereocenters. The third kappa shape index (κ3) is 6.21. The van der Waals surface area contributed by atoms with E-state index in [-0.39, 0.29) is 13.1 Å². The van der Waals surface area contributed by atoms with Gasteiger partial charge in [0.2, 0.25) is 0 Å². The van der Waals surface area contributed by atoms with Crippen LogP contribution in [0.3, 0.4) is 0 Å². The van der Waals surface area contributed by atoms with Gasteiger partial charge in [-0.05, 0) is 19.9 Å². The molecule has 0 aliphatic carbocycles. The molecule has 0 saturated carbocycles. The van der Waals surface area contributed by atoms with Crippen molar-refractivity contribution in [2.24, 2.45) is 0 Å². The van der Waals surface area contributed by atoms with E-state index in [1.807, 2.05) is 0 Å². The molecular weight excluding hydrogens is 195 g/mol. The van der Waals surface area contributed by atoms with Crippen LogP contribution < -0.4 is 0 Å². The summed E-state index contributed by atoms with van der Waals surface area (Å²) in [5.74, 6) is 0. The molecule has 0 radical (unpaired) electrons. The molecule has 2 nitrogen and oxygen atoms in total. The van der Waals surface area contributed by atoms with Crippen molar-refractivity contribution in [3.63, 3.8) is 0 Å². The highest BCUT2D eigenvalue weighted by Crippen LogP contribution is 2.18. The van der Waals surface area contributed by atoms with Gasteiger partial charge in [-0.15, -0.1) is 0 Å². The molecular formula is C9H18F3NO. The van der Waals surface area contributed by atoms with Crippen LogP contribution in [-0.2, 0) is 0 Å². The molecule has 0 aliphatic heterocycles. The molecule has 0 spiro atoms. The second kappa shape index (κ2) is 4.98. The summed E-state index contributed by atoms with van der Waals surface area (Å²) in [6.45, 7) is 4.33. The van der Waals surface area contributed by atoms with Gasteiger partial charge in [-0.25, -0.2) is 0 Å². The highest BCUT2D eigenvalue weighted by molar-refractivity contribution is 4.76. The van der Waals surface area contributed by atoms with E-state index in [0.717, 1.165) is 0 Å². The number of hydrogen-bond acceptors (Lipinski definition) is 2. The highest BCUT2D eigenvalue weighted by Gasteiger charge is 2.32. The molecule has 0 saturated heterocycles. The lowest BCUT2D eigenvalue weighted by Crippen LogP contribution is -2.44. The molecule has 1 N–H and O–H groups in total. The van der Waals surface area contributed by atoms with Crippen molar-refractivity contribution < 1.29 is 18.3 Å².